The molecule has 27 heavy (non-hydrogen) atoms. The minimum Gasteiger partial charge on any atom is -0.508 e. The number of benzene rings is 2. The quantitative estimate of drug-likeness (QED) is 0.696. The van der Waals surface area contributed by atoms with E-state index in [1.807, 2.05) is 0 Å². The Morgan fingerprint density at radius 2 is 1.63 bits per heavy atom. The summed E-state index contributed by atoms with van der Waals surface area (Å²) in [7, 11) is 0. The van der Waals surface area contributed by atoms with Crippen molar-refractivity contribution in [3.05, 3.63) is 59.1 Å². The topological polar surface area (TPSA) is 107 Å². The summed E-state index contributed by atoms with van der Waals surface area (Å²) in [6, 6.07) is 10.5. The number of rotatable bonds is 3. The van der Waals surface area contributed by atoms with Crippen molar-refractivity contribution < 1.29 is 24.6 Å². The van der Waals surface area contributed by atoms with Crippen LogP contribution in [0.25, 0.3) is 0 Å². The van der Waals surface area contributed by atoms with Gasteiger partial charge >= 0.3 is 5.97 Å². The molecule has 7 nitrogen and oxygen atoms in total. The predicted octanol–water partition coefficient (Wildman–Crippen LogP) is 1.95. The first kappa shape index (κ1) is 17.5. The van der Waals surface area contributed by atoms with Gasteiger partial charge in [0, 0.05) is 16.6 Å². The van der Waals surface area contributed by atoms with Crippen LogP contribution < -0.4 is 10.2 Å². The Balaban J connectivity index is 1.79. The van der Waals surface area contributed by atoms with Crippen LogP contribution in [-0.4, -0.2) is 34.0 Å². The highest BCUT2D eigenvalue weighted by atomic mass is 35.5. The number of aromatic hydroxyl groups is 1. The molecule has 4 atom stereocenters. The maximum atomic E-state index is 13.1. The van der Waals surface area contributed by atoms with Gasteiger partial charge in [0.05, 0.1) is 17.5 Å². The number of imide groups is 1. The van der Waals surface area contributed by atoms with Crippen molar-refractivity contribution >= 4 is 35.1 Å². The second-order valence-corrected chi connectivity index (χ2v) is 7.00. The van der Waals surface area contributed by atoms with Gasteiger partial charge in [-0.3, -0.25) is 19.7 Å². The molecule has 2 heterocycles. The zero-order valence-corrected chi connectivity index (χ0v) is 14.6. The van der Waals surface area contributed by atoms with E-state index in [1.54, 1.807) is 30.3 Å². The molecule has 0 aromatic heterocycles. The monoisotopic (exact) mass is 386 g/mol. The highest BCUT2D eigenvalue weighted by Gasteiger charge is 2.61. The second kappa shape index (κ2) is 6.37. The lowest BCUT2D eigenvalue weighted by Gasteiger charge is -2.22. The van der Waals surface area contributed by atoms with Gasteiger partial charge < -0.3 is 10.2 Å². The first-order valence-electron chi connectivity index (χ1n) is 8.30. The first-order valence-corrected chi connectivity index (χ1v) is 8.68. The van der Waals surface area contributed by atoms with Gasteiger partial charge in [-0.2, -0.15) is 0 Å². The number of para-hydroxylation sites is 1. The lowest BCUT2D eigenvalue weighted by molar-refractivity contribution is -0.142. The zero-order valence-electron chi connectivity index (χ0n) is 13.9. The number of nitrogens with zero attached hydrogens (tertiary/aromatic N) is 1. The molecule has 2 aromatic rings. The van der Waals surface area contributed by atoms with Crippen molar-refractivity contribution in [2.45, 2.75) is 12.1 Å². The van der Waals surface area contributed by atoms with Crippen molar-refractivity contribution in [3.8, 4) is 5.75 Å². The number of nitrogens with one attached hydrogen (secondary N) is 1. The number of halogens is 1. The van der Waals surface area contributed by atoms with Crippen molar-refractivity contribution in [2.75, 3.05) is 4.90 Å². The number of anilines is 1. The lowest BCUT2D eigenvalue weighted by Crippen LogP contribution is -2.43. The van der Waals surface area contributed by atoms with Gasteiger partial charge in [-0.05, 0) is 30.3 Å². The molecule has 0 unspecified atom stereocenters. The van der Waals surface area contributed by atoms with Crippen LogP contribution >= 0.6 is 11.6 Å². The number of hydrogen-bond acceptors (Lipinski definition) is 5. The summed E-state index contributed by atoms with van der Waals surface area (Å²) in [4.78, 5) is 38.8. The van der Waals surface area contributed by atoms with Gasteiger partial charge in [0.25, 0.3) is 0 Å². The van der Waals surface area contributed by atoms with Crippen LogP contribution in [0, 0.1) is 11.8 Å². The summed E-state index contributed by atoms with van der Waals surface area (Å²) in [6.45, 7) is 0. The third-order valence-electron chi connectivity index (χ3n) is 5.10. The number of carboxylic acid groups (broad SMARTS) is 1. The third kappa shape index (κ3) is 2.67. The Bertz CT molecular complexity index is 945. The van der Waals surface area contributed by atoms with Gasteiger partial charge in [0.15, 0.2) is 0 Å². The molecule has 2 aromatic carbocycles. The number of phenols is 1. The standard InChI is InChI=1S/C19H15ClN2O5/c20-9-5-7-10(8-6-9)22-17(24)13-14(18(22)25)16(19(26)27)21-15(13)11-3-1-2-4-12(11)23/h1-8,13-16,21,23H,(H,26,27)/t13-,14-,15-,16-/m0/s1. The van der Waals surface area contributed by atoms with E-state index in [2.05, 4.69) is 5.32 Å². The van der Waals surface area contributed by atoms with E-state index in [1.165, 1.54) is 18.2 Å². The fourth-order valence-corrected chi connectivity index (χ4v) is 4.04. The van der Waals surface area contributed by atoms with Gasteiger partial charge in [0.1, 0.15) is 11.8 Å². The summed E-state index contributed by atoms with van der Waals surface area (Å²) in [5, 5.41) is 23.0. The highest BCUT2D eigenvalue weighted by Crippen LogP contribution is 2.46. The molecule has 138 valence electrons. The van der Waals surface area contributed by atoms with E-state index in [-0.39, 0.29) is 5.75 Å². The molecule has 2 fully saturated rings. The number of carbonyl (C=O) groups is 3. The van der Waals surface area contributed by atoms with E-state index in [4.69, 9.17) is 11.6 Å². The van der Waals surface area contributed by atoms with Crippen molar-refractivity contribution in [2.24, 2.45) is 11.8 Å². The van der Waals surface area contributed by atoms with Gasteiger partial charge in [-0.25, -0.2) is 4.90 Å². The molecule has 0 aliphatic carbocycles. The normalized spacial score (nSPS) is 27.1. The Morgan fingerprint density at radius 3 is 2.26 bits per heavy atom. The minimum atomic E-state index is -1.23. The molecule has 8 heteroatoms. The fourth-order valence-electron chi connectivity index (χ4n) is 3.92. The third-order valence-corrected chi connectivity index (χ3v) is 5.35. The molecule has 0 radical (unpaired) electrons. The number of carbonyl (C=O) groups excluding carboxylic acids is 2. The Labute approximate surface area is 159 Å². The SMILES string of the molecule is O=C(O)[C@H]1N[C@@H](c2ccccc2O)[C@H]2C(=O)N(c3ccc(Cl)cc3)C(=O)[C@@H]21. The van der Waals surface area contributed by atoms with Gasteiger partial charge in [-0.1, -0.05) is 29.8 Å². The van der Waals surface area contributed by atoms with Crippen molar-refractivity contribution in [1.82, 2.24) is 5.32 Å². The molecular weight excluding hydrogens is 372 g/mol. The highest BCUT2D eigenvalue weighted by molar-refractivity contribution is 6.31. The number of aliphatic carboxylic acids is 1. The van der Waals surface area contributed by atoms with E-state index in [9.17, 15) is 24.6 Å². The number of hydrogen-bond donors (Lipinski definition) is 3. The lowest BCUT2D eigenvalue weighted by atomic mass is 9.86. The van der Waals surface area contributed by atoms with Crippen LogP contribution in [0.2, 0.25) is 5.02 Å². The smallest absolute Gasteiger partial charge is 0.321 e. The molecule has 2 amide bonds. The average molecular weight is 387 g/mol. The molecule has 3 N–H and O–H groups in total. The molecule has 2 saturated heterocycles. The van der Waals surface area contributed by atoms with Crippen LogP contribution in [0.5, 0.6) is 5.75 Å². The molecule has 0 saturated carbocycles. The summed E-state index contributed by atoms with van der Waals surface area (Å²) >= 11 is 5.87. The van der Waals surface area contributed by atoms with E-state index < -0.39 is 41.7 Å². The number of fused-ring (bicyclic) bond motifs is 1. The van der Waals surface area contributed by atoms with Crippen molar-refractivity contribution in [1.29, 1.82) is 0 Å². The molecular formula is C19H15ClN2O5. The minimum absolute atomic E-state index is 0.0648. The number of amides is 2. The molecule has 0 spiro atoms. The Morgan fingerprint density at radius 1 is 1.00 bits per heavy atom. The van der Waals surface area contributed by atoms with Crippen LogP contribution in [-0.2, 0) is 14.4 Å². The van der Waals surface area contributed by atoms with E-state index in [0.717, 1.165) is 4.90 Å². The number of phenolic OH excluding ortho intramolecular Hbond substituents is 1. The fraction of sp³-hybridized carbons (Fsp3) is 0.211. The summed E-state index contributed by atoms with van der Waals surface area (Å²) in [5.74, 6) is -4.35. The Kier molecular flexibility index (Phi) is 4.13. The van der Waals surface area contributed by atoms with Crippen LogP contribution in [0.15, 0.2) is 48.5 Å². The number of carboxylic acids is 1. The maximum absolute atomic E-state index is 13.1. The summed E-state index contributed by atoms with van der Waals surface area (Å²) < 4.78 is 0. The summed E-state index contributed by atoms with van der Waals surface area (Å²) in [5.41, 5.74) is 0.722. The zero-order chi connectivity index (χ0) is 19.3. The van der Waals surface area contributed by atoms with E-state index >= 15 is 0 Å². The maximum Gasteiger partial charge on any atom is 0.321 e. The first-order chi connectivity index (χ1) is 12.9. The van der Waals surface area contributed by atoms with Gasteiger partial charge in [0.2, 0.25) is 11.8 Å². The largest absolute Gasteiger partial charge is 0.508 e. The summed E-state index contributed by atoms with van der Waals surface area (Å²) in [6.07, 6.45) is 0. The van der Waals surface area contributed by atoms with Crippen LogP contribution in [0.1, 0.15) is 11.6 Å². The molecule has 0 bridgehead atoms. The van der Waals surface area contributed by atoms with Crippen LogP contribution in [0.3, 0.4) is 0 Å². The molecule has 2 aliphatic heterocycles. The second-order valence-electron chi connectivity index (χ2n) is 6.56. The molecule has 2 aliphatic rings. The van der Waals surface area contributed by atoms with Crippen LogP contribution in [0.4, 0.5) is 5.69 Å². The molecule has 4 rings (SSSR count). The Hall–Kier alpha value is -2.90. The van der Waals surface area contributed by atoms with E-state index in [0.29, 0.717) is 16.3 Å². The van der Waals surface area contributed by atoms with Crippen molar-refractivity contribution in [3.63, 3.8) is 0 Å². The predicted molar refractivity (Wildman–Crippen MR) is 96.3 cm³/mol. The van der Waals surface area contributed by atoms with Gasteiger partial charge in [-0.15, -0.1) is 0 Å². The average Bonchev–Trinajstić information content (AvgIpc) is 3.14.